The summed E-state index contributed by atoms with van der Waals surface area (Å²) in [6.45, 7) is 6.74. The second kappa shape index (κ2) is 9.25. The van der Waals surface area contributed by atoms with Crippen LogP contribution in [0.15, 0.2) is 29.3 Å². The second-order valence-electron chi connectivity index (χ2n) is 4.33. The Hall–Kier alpha value is -1.71. The fourth-order valence-corrected chi connectivity index (χ4v) is 1.67. The number of guanidine groups is 1. The highest BCUT2D eigenvalue weighted by molar-refractivity contribution is 5.79. The molecule has 0 heterocycles. The van der Waals surface area contributed by atoms with Crippen molar-refractivity contribution >= 4 is 5.96 Å². The van der Waals surface area contributed by atoms with Gasteiger partial charge in [0.25, 0.3) is 0 Å². The molecule has 4 heteroatoms. The molecule has 0 amide bonds. The molecule has 0 fully saturated rings. The molecule has 0 saturated heterocycles. The molecule has 0 atom stereocenters. The van der Waals surface area contributed by atoms with E-state index in [0.717, 1.165) is 36.8 Å². The first-order chi connectivity index (χ1) is 9.30. The molecule has 0 aliphatic carbocycles. The largest absolute Gasteiger partial charge is 0.497 e. The normalized spacial score (nSPS) is 11.2. The number of ether oxygens (including phenoxy) is 1. The van der Waals surface area contributed by atoms with Crippen LogP contribution in [0.4, 0.5) is 0 Å². The number of rotatable bonds is 7. The van der Waals surface area contributed by atoms with Crippen molar-refractivity contribution in [2.45, 2.75) is 33.2 Å². The van der Waals surface area contributed by atoms with Crippen molar-refractivity contribution in [3.05, 3.63) is 29.8 Å². The highest BCUT2D eigenvalue weighted by atomic mass is 16.5. The van der Waals surface area contributed by atoms with Crippen LogP contribution in [0.5, 0.6) is 5.75 Å². The molecule has 0 saturated carbocycles. The van der Waals surface area contributed by atoms with E-state index in [-0.39, 0.29) is 0 Å². The van der Waals surface area contributed by atoms with Crippen molar-refractivity contribution in [2.24, 2.45) is 4.99 Å². The first kappa shape index (κ1) is 15.3. The number of nitrogens with one attached hydrogen (secondary N) is 2. The number of hydrogen-bond donors (Lipinski definition) is 2. The number of aliphatic imine (C=N–C) groups is 1. The maximum absolute atomic E-state index is 5.21. The number of methoxy groups -OCH3 is 1. The van der Waals surface area contributed by atoms with E-state index in [1.165, 1.54) is 6.42 Å². The molecule has 1 rings (SSSR count). The summed E-state index contributed by atoms with van der Waals surface area (Å²) < 4.78 is 5.21. The fraction of sp³-hybridized carbons (Fsp3) is 0.533. The number of benzene rings is 1. The third-order valence-corrected chi connectivity index (χ3v) is 2.72. The Bertz CT molecular complexity index is 391. The molecule has 4 nitrogen and oxygen atoms in total. The van der Waals surface area contributed by atoms with Crippen LogP contribution in [0.3, 0.4) is 0 Å². The minimum absolute atomic E-state index is 0.651. The van der Waals surface area contributed by atoms with E-state index in [1.807, 2.05) is 18.2 Å². The zero-order valence-corrected chi connectivity index (χ0v) is 12.2. The maximum atomic E-state index is 5.21. The van der Waals surface area contributed by atoms with Gasteiger partial charge in [-0.15, -0.1) is 0 Å². The van der Waals surface area contributed by atoms with E-state index in [4.69, 9.17) is 4.74 Å². The van der Waals surface area contributed by atoms with Crippen molar-refractivity contribution < 1.29 is 4.74 Å². The van der Waals surface area contributed by atoms with Crippen molar-refractivity contribution in [3.63, 3.8) is 0 Å². The molecule has 0 spiro atoms. The summed E-state index contributed by atoms with van der Waals surface area (Å²) in [5.74, 6) is 1.75. The van der Waals surface area contributed by atoms with E-state index >= 15 is 0 Å². The molecule has 2 N–H and O–H groups in total. The standard InChI is InChI=1S/C15H25N3O/c1-4-6-10-17-15(16-5-2)18-12-13-8-7-9-14(11-13)19-3/h7-9,11H,4-6,10,12H2,1-3H3,(H2,16,17,18). The molecule has 0 unspecified atom stereocenters. The van der Waals surface area contributed by atoms with Gasteiger partial charge in [0.15, 0.2) is 5.96 Å². The lowest BCUT2D eigenvalue weighted by Crippen LogP contribution is -2.37. The van der Waals surface area contributed by atoms with E-state index in [2.05, 4.69) is 35.5 Å². The highest BCUT2D eigenvalue weighted by Gasteiger charge is 1.98. The minimum Gasteiger partial charge on any atom is -0.497 e. The molecule has 19 heavy (non-hydrogen) atoms. The molecule has 0 bridgehead atoms. The molecule has 1 aromatic carbocycles. The van der Waals surface area contributed by atoms with Crippen LogP contribution in [0.25, 0.3) is 0 Å². The van der Waals surface area contributed by atoms with E-state index in [1.54, 1.807) is 7.11 Å². The van der Waals surface area contributed by atoms with Crippen LogP contribution >= 0.6 is 0 Å². The third-order valence-electron chi connectivity index (χ3n) is 2.72. The number of hydrogen-bond acceptors (Lipinski definition) is 2. The Morgan fingerprint density at radius 1 is 1.26 bits per heavy atom. The van der Waals surface area contributed by atoms with Crippen molar-refractivity contribution in [2.75, 3.05) is 20.2 Å². The summed E-state index contributed by atoms with van der Waals surface area (Å²) in [5, 5.41) is 6.58. The van der Waals surface area contributed by atoms with Gasteiger partial charge in [0, 0.05) is 13.1 Å². The molecule has 0 aromatic heterocycles. The van der Waals surface area contributed by atoms with Gasteiger partial charge in [-0.25, -0.2) is 4.99 Å². The molecular formula is C15H25N3O. The predicted molar refractivity (Wildman–Crippen MR) is 80.7 cm³/mol. The first-order valence-corrected chi connectivity index (χ1v) is 6.95. The van der Waals surface area contributed by atoms with E-state index in [0.29, 0.717) is 6.54 Å². The Balaban J connectivity index is 2.57. The van der Waals surface area contributed by atoms with Crippen LogP contribution < -0.4 is 15.4 Å². The van der Waals surface area contributed by atoms with Crippen molar-refractivity contribution in [1.82, 2.24) is 10.6 Å². The van der Waals surface area contributed by atoms with Crippen molar-refractivity contribution in [1.29, 1.82) is 0 Å². The fourth-order valence-electron chi connectivity index (χ4n) is 1.67. The average Bonchev–Trinajstić information content (AvgIpc) is 2.45. The molecule has 0 aliphatic rings. The van der Waals surface area contributed by atoms with Gasteiger partial charge in [0.2, 0.25) is 0 Å². The highest BCUT2D eigenvalue weighted by Crippen LogP contribution is 2.12. The monoisotopic (exact) mass is 263 g/mol. The zero-order chi connectivity index (χ0) is 13.9. The predicted octanol–water partition coefficient (Wildman–Crippen LogP) is 2.55. The summed E-state index contributed by atoms with van der Waals surface area (Å²) in [4.78, 5) is 4.57. The minimum atomic E-state index is 0.651. The van der Waals surface area contributed by atoms with Crippen LogP contribution in [-0.2, 0) is 6.54 Å². The average molecular weight is 263 g/mol. The van der Waals surface area contributed by atoms with Crippen LogP contribution in [-0.4, -0.2) is 26.2 Å². The SMILES string of the molecule is CCCCNC(=NCc1cccc(OC)c1)NCC. The molecule has 0 aliphatic heterocycles. The van der Waals surface area contributed by atoms with Gasteiger partial charge in [-0.3, -0.25) is 0 Å². The molecule has 106 valence electrons. The Kier molecular flexibility index (Phi) is 7.47. The Morgan fingerprint density at radius 2 is 2.11 bits per heavy atom. The van der Waals surface area contributed by atoms with Crippen molar-refractivity contribution in [3.8, 4) is 5.75 Å². The molecule has 0 radical (unpaired) electrons. The maximum Gasteiger partial charge on any atom is 0.191 e. The van der Waals surface area contributed by atoms with Gasteiger partial charge in [0.1, 0.15) is 5.75 Å². The van der Waals surface area contributed by atoms with Gasteiger partial charge in [-0.1, -0.05) is 25.5 Å². The topological polar surface area (TPSA) is 45.7 Å². The summed E-state index contributed by atoms with van der Waals surface area (Å²) in [6, 6.07) is 8.00. The van der Waals surface area contributed by atoms with Gasteiger partial charge < -0.3 is 15.4 Å². The van der Waals surface area contributed by atoms with Gasteiger partial charge in [-0.05, 0) is 31.0 Å². The van der Waals surface area contributed by atoms with E-state index in [9.17, 15) is 0 Å². The number of unbranched alkanes of at least 4 members (excludes halogenated alkanes) is 1. The first-order valence-electron chi connectivity index (χ1n) is 6.95. The number of nitrogens with zero attached hydrogens (tertiary/aromatic N) is 1. The van der Waals surface area contributed by atoms with Crippen LogP contribution in [0, 0.1) is 0 Å². The summed E-state index contributed by atoms with van der Waals surface area (Å²) in [7, 11) is 1.68. The lowest BCUT2D eigenvalue weighted by Gasteiger charge is -2.10. The van der Waals surface area contributed by atoms with Gasteiger partial charge >= 0.3 is 0 Å². The Labute approximate surface area is 116 Å². The van der Waals surface area contributed by atoms with Crippen LogP contribution in [0.1, 0.15) is 32.3 Å². The molecular weight excluding hydrogens is 238 g/mol. The lowest BCUT2D eigenvalue weighted by molar-refractivity contribution is 0.414. The van der Waals surface area contributed by atoms with Crippen LogP contribution in [0.2, 0.25) is 0 Å². The summed E-state index contributed by atoms with van der Waals surface area (Å²) in [6.07, 6.45) is 2.34. The molecule has 1 aromatic rings. The third kappa shape index (κ3) is 6.13. The second-order valence-corrected chi connectivity index (χ2v) is 4.33. The lowest BCUT2D eigenvalue weighted by atomic mass is 10.2. The van der Waals surface area contributed by atoms with Gasteiger partial charge in [0.05, 0.1) is 13.7 Å². The zero-order valence-electron chi connectivity index (χ0n) is 12.2. The quantitative estimate of drug-likeness (QED) is 0.451. The van der Waals surface area contributed by atoms with E-state index < -0.39 is 0 Å². The summed E-state index contributed by atoms with van der Waals surface area (Å²) in [5.41, 5.74) is 1.15. The summed E-state index contributed by atoms with van der Waals surface area (Å²) >= 11 is 0. The van der Waals surface area contributed by atoms with Gasteiger partial charge in [-0.2, -0.15) is 0 Å². The Morgan fingerprint density at radius 3 is 2.79 bits per heavy atom. The smallest absolute Gasteiger partial charge is 0.191 e.